The van der Waals surface area contributed by atoms with Crippen LogP contribution < -0.4 is 10.2 Å². The molecule has 4 heterocycles. The third kappa shape index (κ3) is 3.60. The second kappa shape index (κ2) is 7.72. The number of hydrogen-bond donors (Lipinski definition) is 1. The Morgan fingerprint density at radius 3 is 2.97 bits per heavy atom. The molecule has 1 aliphatic heterocycles. The molecule has 3 aromatic heterocycles. The molecule has 1 atom stereocenters. The highest BCUT2D eigenvalue weighted by molar-refractivity contribution is 5.50. The molecule has 0 bridgehead atoms. The van der Waals surface area contributed by atoms with Gasteiger partial charge in [0.1, 0.15) is 5.65 Å². The molecule has 0 spiro atoms. The number of aryl methyl sites for hydroxylation is 2. The zero-order valence-electron chi connectivity index (χ0n) is 17.3. The van der Waals surface area contributed by atoms with Crippen LogP contribution in [0.4, 0.5) is 5.95 Å². The van der Waals surface area contributed by atoms with Crippen LogP contribution in [-0.4, -0.2) is 57.5 Å². The first-order valence-corrected chi connectivity index (χ1v) is 10.6. The first kappa shape index (κ1) is 18.5. The number of anilines is 1. The van der Waals surface area contributed by atoms with E-state index in [1.165, 1.54) is 17.7 Å². The fourth-order valence-corrected chi connectivity index (χ4v) is 4.68. The van der Waals surface area contributed by atoms with E-state index in [2.05, 4.69) is 57.9 Å². The number of nitrogens with one attached hydrogen (secondary N) is 1. The van der Waals surface area contributed by atoms with Crippen molar-refractivity contribution in [2.24, 2.45) is 0 Å². The third-order valence-corrected chi connectivity index (χ3v) is 6.12. The zero-order valence-corrected chi connectivity index (χ0v) is 17.3. The van der Waals surface area contributed by atoms with Crippen molar-refractivity contribution in [2.75, 3.05) is 38.1 Å². The van der Waals surface area contributed by atoms with Gasteiger partial charge in [-0.25, -0.2) is 9.97 Å². The Bertz CT molecular complexity index is 1010. The summed E-state index contributed by atoms with van der Waals surface area (Å²) in [5, 5.41) is 3.42. The minimum Gasteiger partial charge on any atom is -0.339 e. The number of hydrogen-bond acceptors (Lipinski definition) is 6. The molecule has 3 aromatic rings. The molecule has 1 saturated heterocycles. The lowest BCUT2D eigenvalue weighted by Crippen LogP contribution is -2.44. The highest BCUT2D eigenvalue weighted by Crippen LogP contribution is 2.32. The summed E-state index contributed by atoms with van der Waals surface area (Å²) in [6, 6.07) is 6.71. The predicted octanol–water partition coefficient (Wildman–Crippen LogP) is 2.35. The Hall–Kier alpha value is -2.51. The van der Waals surface area contributed by atoms with Gasteiger partial charge in [0.05, 0.1) is 17.4 Å². The van der Waals surface area contributed by atoms with E-state index in [1.807, 2.05) is 6.20 Å². The van der Waals surface area contributed by atoms with E-state index in [9.17, 15) is 0 Å². The van der Waals surface area contributed by atoms with Crippen molar-refractivity contribution in [3.8, 4) is 0 Å². The van der Waals surface area contributed by atoms with Gasteiger partial charge in [0.2, 0.25) is 5.95 Å². The molecule has 2 aliphatic rings. The van der Waals surface area contributed by atoms with Crippen LogP contribution in [0.2, 0.25) is 0 Å². The fourth-order valence-electron chi connectivity index (χ4n) is 4.68. The van der Waals surface area contributed by atoms with Crippen LogP contribution in [0.1, 0.15) is 41.5 Å². The van der Waals surface area contributed by atoms with Crippen LogP contribution in [0.5, 0.6) is 0 Å². The number of piperazine rings is 1. The molecule has 1 aliphatic carbocycles. The van der Waals surface area contributed by atoms with Crippen molar-refractivity contribution >= 4 is 11.6 Å². The summed E-state index contributed by atoms with van der Waals surface area (Å²) >= 11 is 0. The van der Waals surface area contributed by atoms with Crippen molar-refractivity contribution in [1.82, 2.24) is 29.6 Å². The second-order valence-corrected chi connectivity index (χ2v) is 8.27. The Morgan fingerprint density at radius 2 is 2.10 bits per heavy atom. The molecule has 29 heavy (non-hydrogen) atoms. The van der Waals surface area contributed by atoms with Crippen LogP contribution in [0.3, 0.4) is 0 Å². The lowest BCUT2D eigenvalue weighted by Gasteiger charge is -2.31. The first-order valence-electron chi connectivity index (χ1n) is 10.6. The van der Waals surface area contributed by atoms with Crippen molar-refractivity contribution in [3.63, 3.8) is 0 Å². The minimum absolute atomic E-state index is 0.359. The molecule has 1 N–H and O–H groups in total. The Kier molecular flexibility index (Phi) is 4.93. The molecule has 152 valence electrons. The van der Waals surface area contributed by atoms with Gasteiger partial charge in [-0.15, -0.1) is 0 Å². The largest absolute Gasteiger partial charge is 0.339 e. The van der Waals surface area contributed by atoms with Gasteiger partial charge in [0, 0.05) is 56.9 Å². The van der Waals surface area contributed by atoms with E-state index in [1.54, 1.807) is 0 Å². The van der Waals surface area contributed by atoms with Crippen molar-refractivity contribution in [2.45, 2.75) is 38.8 Å². The molecular formula is C22H29N7. The first-order chi connectivity index (χ1) is 14.2. The minimum atomic E-state index is 0.359. The number of rotatable bonds is 4. The van der Waals surface area contributed by atoms with Crippen molar-refractivity contribution in [1.29, 1.82) is 0 Å². The van der Waals surface area contributed by atoms with Crippen LogP contribution >= 0.6 is 0 Å². The lowest BCUT2D eigenvalue weighted by molar-refractivity contribution is 0.206. The number of aromatic nitrogens is 4. The summed E-state index contributed by atoms with van der Waals surface area (Å²) in [6.07, 6.45) is 7.60. The monoisotopic (exact) mass is 391 g/mol. The van der Waals surface area contributed by atoms with Gasteiger partial charge in [-0.1, -0.05) is 6.07 Å². The SMILES string of the molecule is Cc1cc2nc(CN(C)[C@H]3CCCc4cccnc43)cn2c(N2CCNCC2)n1. The molecule has 0 radical (unpaired) electrons. The molecule has 7 nitrogen and oxygen atoms in total. The second-order valence-electron chi connectivity index (χ2n) is 8.27. The van der Waals surface area contributed by atoms with Gasteiger partial charge < -0.3 is 10.2 Å². The highest BCUT2D eigenvalue weighted by Gasteiger charge is 2.25. The average molecular weight is 392 g/mol. The third-order valence-electron chi connectivity index (χ3n) is 6.12. The fraction of sp³-hybridized carbons (Fsp3) is 0.500. The van der Waals surface area contributed by atoms with Crippen molar-refractivity contribution in [3.05, 3.63) is 53.2 Å². The van der Waals surface area contributed by atoms with E-state index in [0.29, 0.717) is 6.04 Å². The van der Waals surface area contributed by atoms with E-state index in [-0.39, 0.29) is 0 Å². The van der Waals surface area contributed by atoms with Crippen molar-refractivity contribution < 1.29 is 0 Å². The smallest absolute Gasteiger partial charge is 0.211 e. The molecule has 1 fully saturated rings. The van der Waals surface area contributed by atoms with Crippen LogP contribution in [0, 0.1) is 6.92 Å². The van der Waals surface area contributed by atoms with Gasteiger partial charge in [0.15, 0.2) is 0 Å². The molecule has 0 saturated carbocycles. The number of nitrogens with zero attached hydrogens (tertiary/aromatic N) is 6. The van der Waals surface area contributed by atoms with Gasteiger partial charge >= 0.3 is 0 Å². The molecule has 0 amide bonds. The van der Waals surface area contributed by atoms with Gasteiger partial charge in [-0.2, -0.15) is 0 Å². The van der Waals surface area contributed by atoms with Crippen LogP contribution in [-0.2, 0) is 13.0 Å². The standard InChI is InChI=1S/C22H29N7/c1-16-13-20-26-18(15-29(20)22(25-16)28-11-9-23-10-12-28)14-27(2)19-7-3-5-17-6-4-8-24-21(17)19/h4,6,8,13,15,19,23H,3,5,7,9-12,14H2,1-2H3/t19-/m0/s1. The molecular weight excluding hydrogens is 362 g/mol. The lowest BCUT2D eigenvalue weighted by atomic mass is 9.91. The van der Waals surface area contributed by atoms with Gasteiger partial charge in [-0.3, -0.25) is 14.3 Å². The summed E-state index contributed by atoms with van der Waals surface area (Å²) in [7, 11) is 2.19. The Morgan fingerprint density at radius 1 is 1.24 bits per heavy atom. The predicted molar refractivity (Wildman–Crippen MR) is 114 cm³/mol. The summed E-state index contributed by atoms with van der Waals surface area (Å²) in [5.74, 6) is 1.01. The maximum absolute atomic E-state index is 4.94. The molecule has 0 aromatic carbocycles. The maximum Gasteiger partial charge on any atom is 0.211 e. The van der Waals surface area contributed by atoms with Gasteiger partial charge in [0.25, 0.3) is 0 Å². The van der Waals surface area contributed by atoms with Crippen LogP contribution in [0.15, 0.2) is 30.6 Å². The number of imidazole rings is 1. The molecule has 5 rings (SSSR count). The highest BCUT2D eigenvalue weighted by atomic mass is 15.3. The Balaban J connectivity index is 1.43. The number of fused-ring (bicyclic) bond motifs is 2. The van der Waals surface area contributed by atoms with Crippen LogP contribution in [0.25, 0.3) is 5.65 Å². The summed E-state index contributed by atoms with van der Waals surface area (Å²) in [5.41, 5.74) is 5.72. The quantitative estimate of drug-likeness (QED) is 0.737. The molecule has 0 unspecified atom stereocenters. The van der Waals surface area contributed by atoms with E-state index in [0.717, 1.165) is 68.5 Å². The number of pyridine rings is 1. The van der Waals surface area contributed by atoms with E-state index >= 15 is 0 Å². The summed E-state index contributed by atoms with van der Waals surface area (Å²) in [6.45, 7) is 6.80. The summed E-state index contributed by atoms with van der Waals surface area (Å²) in [4.78, 5) is 19.2. The van der Waals surface area contributed by atoms with E-state index < -0.39 is 0 Å². The van der Waals surface area contributed by atoms with Gasteiger partial charge in [-0.05, 0) is 44.9 Å². The average Bonchev–Trinajstić information content (AvgIpc) is 3.15. The Labute approximate surface area is 171 Å². The normalized spacial score (nSPS) is 19.7. The molecule has 7 heteroatoms. The summed E-state index contributed by atoms with van der Waals surface area (Å²) < 4.78 is 2.16. The topological polar surface area (TPSA) is 61.6 Å². The maximum atomic E-state index is 4.94. The zero-order chi connectivity index (χ0) is 19.8. The van der Waals surface area contributed by atoms with E-state index in [4.69, 9.17) is 15.0 Å².